The predicted molar refractivity (Wildman–Crippen MR) is 70.1 cm³/mol. The highest BCUT2D eigenvalue weighted by molar-refractivity contribution is 5.73. The highest BCUT2D eigenvalue weighted by Gasteiger charge is 2.50. The van der Waals surface area contributed by atoms with Crippen molar-refractivity contribution in [2.75, 3.05) is 7.11 Å². The summed E-state index contributed by atoms with van der Waals surface area (Å²) in [4.78, 5) is 33.6. The molecule has 1 fully saturated rings. The number of nitrogens with one attached hydrogen (secondary N) is 1. The van der Waals surface area contributed by atoms with Gasteiger partial charge in [-0.2, -0.15) is 0 Å². The largest absolute Gasteiger partial charge is 0.460 e. The number of esters is 2. The van der Waals surface area contributed by atoms with Crippen molar-refractivity contribution in [2.24, 2.45) is 0 Å². The van der Waals surface area contributed by atoms with Gasteiger partial charge in [0.1, 0.15) is 18.2 Å². The van der Waals surface area contributed by atoms with Crippen molar-refractivity contribution >= 4 is 17.8 Å². The van der Waals surface area contributed by atoms with Crippen LogP contribution in [0.5, 0.6) is 0 Å². The van der Waals surface area contributed by atoms with Crippen LogP contribution in [0.1, 0.15) is 27.7 Å². The molecule has 0 spiro atoms. The Bertz CT molecular complexity index is 411. The van der Waals surface area contributed by atoms with E-state index in [0.29, 0.717) is 0 Å². The Kier molecular flexibility index (Phi) is 6.10. The second kappa shape index (κ2) is 7.37. The maximum atomic E-state index is 11.4. The first-order valence-electron chi connectivity index (χ1n) is 6.56. The van der Waals surface area contributed by atoms with Gasteiger partial charge in [-0.15, -0.1) is 0 Å². The van der Waals surface area contributed by atoms with E-state index in [0.717, 1.165) is 0 Å². The molecule has 0 aliphatic carbocycles. The third kappa shape index (κ3) is 4.68. The van der Waals surface area contributed by atoms with Gasteiger partial charge in [0, 0.05) is 27.9 Å². The molecule has 1 N–H and O–H groups in total. The molecule has 0 aromatic carbocycles. The fourth-order valence-corrected chi connectivity index (χ4v) is 2.31. The van der Waals surface area contributed by atoms with Gasteiger partial charge >= 0.3 is 11.9 Å². The van der Waals surface area contributed by atoms with Crippen LogP contribution < -0.4 is 5.32 Å². The number of hydrogen-bond acceptors (Lipinski definition) is 7. The van der Waals surface area contributed by atoms with E-state index in [-0.39, 0.29) is 5.91 Å². The summed E-state index contributed by atoms with van der Waals surface area (Å²) >= 11 is 0. The van der Waals surface area contributed by atoms with Crippen molar-refractivity contribution in [1.82, 2.24) is 5.32 Å². The maximum Gasteiger partial charge on any atom is 0.303 e. The van der Waals surface area contributed by atoms with Crippen molar-refractivity contribution in [1.29, 1.82) is 0 Å². The fourth-order valence-electron chi connectivity index (χ4n) is 2.31. The van der Waals surface area contributed by atoms with Crippen molar-refractivity contribution in [3.8, 4) is 0 Å². The normalized spacial score (nSPS) is 29.6. The van der Waals surface area contributed by atoms with Gasteiger partial charge in [0.05, 0.1) is 0 Å². The molecule has 0 bridgehead atoms. The van der Waals surface area contributed by atoms with E-state index in [1.54, 1.807) is 6.92 Å². The Morgan fingerprint density at radius 3 is 2.19 bits per heavy atom. The molecule has 21 heavy (non-hydrogen) atoms. The van der Waals surface area contributed by atoms with Gasteiger partial charge in [0.2, 0.25) is 5.91 Å². The van der Waals surface area contributed by atoms with Gasteiger partial charge in [0.15, 0.2) is 12.4 Å². The number of methoxy groups -OCH3 is 1. The highest BCUT2D eigenvalue weighted by atomic mass is 16.7. The average molecular weight is 303 g/mol. The fraction of sp³-hybridized carbons (Fsp3) is 0.769. The predicted octanol–water partition coefficient (Wildman–Crippen LogP) is -0.254. The lowest BCUT2D eigenvalue weighted by molar-refractivity contribution is -0.185. The standard InChI is InChI=1S/C13H21NO7/c1-6(19-8(3)16)11-10(14-7(2)15)12(20-9(4)17)13(18-5)21-11/h6,10-13H,1-5H3,(H,14,15)/t6-,10+,11+,12+,13-/m0/s1. The summed E-state index contributed by atoms with van der Waals surface area (Å²) in [5, 5.41) is 2.65. The van der Waals surface area contributed by atoms with Crippen LogP contribution in [0.4, 0.5) is 0 Å². The average Bonchev–Trinajstić information content (AvgIpc) is 2.65. The summed E-state index contributed by atoms with van der Waals surface area (Å²) in [6.07, 6.45) is -3.00. The monoisotopic (exact) mass is 303 g/mol. The van der Waals surface area contributed by atoms with Gasteiger partial charge in [-0.1, -0.05) is 0 Å². The zero-order chi connectivity index (χ0) is 16.2. The topological polar surface area (TPSA) is 100 Å². The summed E-state index contributed by atoms with van der Waals surface area (Å²) in [5.74, 6) is -1.32. The van der Waals surface area contributed by atoms with Gasteiger partial charge < -0.3 is 24.3 Å². The molecule has 120 valence electrons. The number of carbonyl (C=O) groups excluding carboxylic acids is 3. The Morgan fingerprint density at radius 2 is 1.76 bits per heavy atom. The molecule has 8 heteroatoms. The van der Waals surface area contributed by atoms with Crippen molar-refractivity contribution in [3.63, 3.8) is 0 Å². The van der Waals surface area contributed by atoms with E-state index >= 15 is 0 Å². The van der Waals surface area contributed by atoms with Gasteiger partial charge in [-0.3, -0.25) is 14.4 Å². The minimum Gasteiger partial charge on any atom is -0.460 e. The first kappa shape index (κ1) is 17.4. The van der Waals surface area contributed by atoms with Crippen LogP contribution in [-0.2, 0) is 33.3 Å². The van der Waals surface area contributed by atoms with E-state index in [1.807, 2.05) is 0 Å². The van der Waals surface area contributed by atoms with Crippen LogP contribution in [0.2, 0.25) is 0 Å². The van der Waals surface area contributed by atoms with Crippen LogP contribution in [-0.4, -0.2) is 55.6 Å². The molecule has 0 unspecified atom stereocenters. The van der Waals surface area contributed by atoms with Gasteiger partial charge in [-0.25, -0.2) is 0 Å². The second-order valence-corrected chi connectivity index (χ2v) is 4.82. The van der Waals surface area contributed by atoms with E-state index in [2.05, 4.69) is 5.32 Å². The lowest BCUT2D eigenvalue weighted by Crippen LogP contribution is -2.52. The Morgan fingerprint density at radius 1 is 1.14 bits per heavy atom. The quantitative estimate of drug-likeness (QED) is 0.699. The number of carbonyl (C=O) groups is 3. The zero-order valence-corrected chi connectivity index (χ0v) is 12.7. The second-order valence-electron chi connectivity index (χ2n) is 4.82. The highest BCUT2D eigenvalue weighted by Crippen LogP contribution is 2.28. The van der Waals surface area contributed by atoms with E-state index in [4.69, 9.17) is 18.9 Å². The number of ether oxygens (including phenoxy) is 4. The van der Waals surface area contributed by atoms with Crippen molar-refractivity contribution in [2.45, 2.75) is 58.3 Å². The summed E-state index contributed by atoms with van der Waals surface area (Å²) in [7, 11) is 1.39. The molecule has 1 saturated heterocycles. The molecule has 0 aromatic heterocycles. The van der Waals surface area contributed by atoms with E-state index in [1.165, 1.54) is 27.9 Å². The molecule has 0 aromatic rings. The number of rotatable bonds is 5. The first-order chi connectivity index (χ1) is 9.76. The van der Waals surface area contributed by atoms with Crippen LogP contribution in [0.15, 0.2) is 0 Å². The summed E-state index contributed by atoms with van der Waals surface area (Å²) in [6.45, 7) is 5.48. The van der Waals surface area contributed by atoms with E-state index < -0.39 is 42.6 Å². The van der Waals surface area contributed by atoms with Crippen LogP contribution >= 0.6 is 0 Å². The smallest absolute Gasteiger partial charge is 0.303 e. The lowest BCUT2D eigenvalue weighted by atomic mass is 10.0. The Balaban J connectivity index is 2.96. The minimum absolute atomic E-state index is 0.322. The molecule has 8 nitrogen and oxygen atoms in total. The molecule has 1 aliphatic rings. The first-order valence-corrected chi connectivity index (χ1v) is 6.56. The molecule has 1 aliphatic heterocycles. The van der Waals surface area contributed by atoms with Crippen LogP contribution in [0, 0.1) is 0 Å². The third-order valence-corrected chi connectivity index (χ3v) is 2.99. The Hall–Kier alpha value is -1.67. The lowest BCUT2D eigenvalue weighted by Gasteiger charge is -2.26. The zero-order valence-electron chi connectivity index (χ0n) is 12.7. The van der Waals surface area contributed by atoms with Gasteiger partial charge in [0.25, 0.3) is 0 Å². The van der Waals surface area contributed by atoms with Crippen molar-refractivity contribution in [3.05, 3.63) is 0 Å². The van der Waals surface area contributed by atoms with E-state index in [9.17, 15) is 14.4 Å². The molecule has 1 amide bonds. The minimum atomic E-state index is -0.853. The molecule has 1 rings (SSSR count). The van der Waals surface area contributed by atoms with Gasteiger partial charge in [-0.05, 0) is 6.92 Å². The van der Waals surface area contributed by atoms with Crippen LogP contribution in [0.25, 0.3) is 0 Å². The summed E-state index contributed by atoms with van der Waals surface area (Å²) < 4.78 is 21.0. The summed E-state index contributed by atoms with van der Waals surface area (Å²) in [6, 6.07) is -0.675. The molecule has 0 saturated carbocycles. The van der Waals surface area contributed by atoms with Crippen LogP contribution in [0.3, 0.4) is 0 Å². The third-order valence-electron chi connectivity index (χ3n) is 2.99. The molecule has 0 radical (unpaired) electrons. The Labute approximate surface area is 123 Å². The SMILES string of the molecule is CO[C@H]1O[C@H]([C@H](C)OC(C)=O)[C@@H](NC(C)=O)[C@H]1OC(C)=O. The molecular formula is C13H21NO7. The maximum absolute atomic E-state index is 11.4. The molecular weight excluding hydrogens is 282 g/mol. The molecule has 1 heterocycles. The van der Waals surface area contributed by atoms with Crippen molar-refractivity contribution < 1.29 is 33.3 Å². The number of hydrogen-bond donors (Lipinski definition) is 1. The summed E-state index contributed by atoms with van der Waals surface area (Å²) in [5.41, 5.74) is 0. The molecule has 5 atom stereocenters. The number of amides is 1.